The monoisotopic (exact) mass is 314 g/mol. The van der Waals surface area contributed by atoms with Crippen LogP contribution in [0.1, 0.15) is 23.7 Å². The highest BCUT2D eigenvalue weighted by Gasteiger charge is 2.11. The SMILES string of the molecule is CCc1ccc(-c2cccc(-c3cc(C)[nH]c(=O)c3C#N)c2)cc1. The molecule has 2 aromatic carbocycles. The average molecular weight is 314 g/mol. The molecule has 0 saturated carbocycles. The van der Waals surface area contributed by atoms with Gasteiger partial charge in [0.25, 0.3) is 5.56 Å². The van der Waals surface area contributed by atoms with E-state index in [-0.39, 0.29) is 11.1 Å². The van der Waals surface area contributed by atoms with Crippen LogP contribution in [-0.2, 0) is 6.42 Å². The molecular weight excluding hydrogens is 296 g/mol. The van der Waals surface area contributed by atoms with Gasteiger partial charge in [0.15, 0.2) is 0 Å². The maximum Gasteiger partial charge on any atom is 0.266 e. The molecule has 0 bridgehead atoms. The van der Waals surface area contributed by atoms with Crippen molar-refractivity contribution in [3.63, 3.8) is 0 Å². The number of benzene rings is 2. The van der Waals surface area contributed by atoms with Crippen molar-refractivity contribution in [3.8, 4) is 28.3 Å². The lowest BCUT2D eigenvalue weighted by Gasteiger charge is -2.09. The number of aromatic nitrogens is 1. The highest BCUT2D eigenvalue weighted by molar-refractivity contribution is 5.76. The molecule has 0 aliphatic carbocycles. The minimum Gasteiger partial charge on any atom is -0.325 e. The molecule has 24 heavy (non-hydrogen) atoms. The van der Waals surface area contributed by atoms with Crippen molar-refractivity contribution in [3.05, 3.63) is 81.8 Å². The first-order chi connectivity index (χ1) is 11.6. The van der Waals surface area contributed by atoms with Crippen molar-refractivity contribution in [2.45, 2.75) is 20.3 Å². The number of pyridine rings is 1. The molecule has 118 valence electrons. The Morgan fingerprint density at radius 1 is 1.00 bits per heavy atom. The lowest BCUT2D eigenvalue weighted by Crippen LogP contribution is -2.12. The number of hydrogen-bond acceptors (Lipinski definition) is 2. The van der Waals surface area contributed by atoms with E-state index in [1.54, 1.807) is 0 Å². The van der Waals surface area contributed by atoms with Crippen LogP contribution in [0.3, 0.4) is 0 Å². The number of aromatic amines is 1. The van der Waals surface area contributed by atoms with E-state index in [0.29, 0.717) is 5.56 Å². The summed E-state index contributed by atoms with van der Waals surface area (Å²) in [6.07, 6.45) is 1.01. The highest BCUT2D eigenvalue weighted by Crippen LogP contribution is 2.28. The first kappa shape index (κ1) is 15.8. The molecule has 0 spiro atoms. The van der Waals surface area contributed by atoms with Gasteiger partial charge in [-0.1, -0.05) is 49.4 Å². The summed E-state index contributed by atoms with van der Waals surface area (Å²) in [6.45, 7) is 3.95. The summed E-state index contributed by atoms with van der Waals surface area (Å²) < 4.78 is 0. The van der Waals surface area contributed by atoms with Gasteiger partial charge in [-0.2, -0.15) is 5.26 Å². The Labute approximate surface area is 141 Å². The second-order valence-electron chi connectivity index (χ2n) is 5.81. The summed E-state index contributed by atoms with van der Waals surface area (Å²) >= 11 is 0. The summed E-state index contributed by atoms with van der Waals surface area (Å²) in [5.41, 5.74) is 5.58. The molecule has 3 nitrogen and oxygen atoms in total. The van der Waals surface area contributed by atoms with Crippen LogP contribution in [-0.4, -0.2) is 4.98 Å². The topological polar surface area (TPSA) is 56.6 Å². The van der Waals surface area contributed by atoms with Crippen LogP contribution in [0.15, 0.2) is 59.4 Å². The number of nitrogens with zero attached hydrogens (tertiary/aromatic N) is 1. The first-order valence-corrected chi connectivity index (χ1v) is 7.96. The van der Waals surface area contributed by atoms with E-state index in [0.717, 1.165) is 28.8 Å². The maximum absolute atomic E-state index is 12.0. The van der Waals surface area contributed by atoms with Crippen molar-refractivity contribution in [1.29, 1.82) is 5.26 Å². The largest absolute Gasteiger partial charge is 0.325 e. The third-order valence-electron chi connectivity index (χ3n) is 4.15. The molecule has 1 heterocycles. The molecule has 3 heteroatoms. The van der Waals surface area contributed by atoms with Gasteiger partial charge in [0, 0.05) is 11.3 Å². The second kappa shape index (κ2) is 6.55. The Hall–Kier alpha value is -3.12. The predicted octanol–water partition coefficient (Wildman–Crippen LogP) is 4.45. The van der Waals surface area contributed by atoms with Crippen molar-refractivity contribution in [1.82, 2.24) is 4.98 Å². The number of aryl methyl sites for hydroxylation is 2. The summed E-state index contributed by atoms with van der Waals surface area (Å²) in [5.74, 6) is 0. The number of H-pyrrole nitrogens is 1. The second-order valence-corrected chi connectivity index (χ2v) is 5.81. The normalized spacial score (nSPS) is 10.4. The van der Waals surface area contributed by atoms with Crippen molar-refractivity contribution in [2.75, 3.05) is 0 Å². The zero-order valence-electron chi connectivity index (χ0n) is 13.8. The fourth-order valence-corrected chi connectivity index (χ4v) is 2.83. The standard InChI is InChI=1S/C21H18N2O/c1-3-15-7-9-16(10-8-15)17-5-4-6-18(12-17)19-11-14(2)23-21(24)20(19)13-22/h4-12H,3H2,1-2H3,(H,23,24). The van der Waals surface area contributed by atoms with E-state index >= 15 is 0 Å². The molecule has 1 N–H and O–H groups in total. The Bertz CT molecular complexity index is 976. The molecule has 0 aliphatic heterocycles. The van der Waals surface area contributed by atoms with Gasteiger partial charge in [-0.05, 0) is 47.7 Å². The minimum atomic E-state index is -0.342. The molecule has 3 aromatic rings. The number of hydrogen-bond donors (Lipinski definition) is 1. The molecule has 0 unspecified atom stereocenters. The fourth-order valence-electron chi connectivity index (χ4n) is 2.83. The molecule has 0 saturated heterocycles. The molecule has 0 fully saturated rings. The molecule has 0 aliphatic rings. The van der Waals surface area contributed by atoms with E-state index in [1.807, 2.05) is 43.3 Å². The minimum absolute atomic E-state index is 0.152. The Kier molecular flexibility index (Phi) is 4.31. The summed E-state index contributed by atoms with van der Waals surface area (Å²) in [7, 11) is 0. The first-order valence-electron chi connectivity index (χ1n) is 7.96. The highest BCUT2D eigenvalue weighted by atomic mass is 16.1. The zero-order chi connectivity index (χ0) is 17.1. The van der Waals surface area contributed by atoms with E-state index < -0.39 is 0 Å². The summed E-state index contributed by atoms with van der Waals surface area (Å²) in [4.78, 5) is 14.7. The van der Waals surface area contributed by atoms with Gasteiger partial charge in [-0.25, -0.2) is 0 Å². The van der Waals surface area contributed by atoms with Gasteiger partial charge in [0.05, 0.1) is 0 Å². The smallest absolute Gasteiger partial charge is 0.266 e. The maximum atomic E-state index is 12.0. The fraction of sp³-hybridized carbons (Fsp3) is 0.143. The third kappa shape index (κ3) is 3.00. The lowest BCUT2D eigenvalue weighted by atomic mass is 9.96. The van der Waals surface area contributed by atoms with Crippen LogP contribution >= 0.6 is 0 Å². The van der Waals surface area contributed by atoms with Gasteiger partial charge in [-0.15, -0.1) is 0 Å². The van der Waals surface area contributed by atoms with Crippen LogP contribution in [0.4, 0.5) is 0 Å². The van der Waals surface area contributed by atoms with Crippen LogP contribution < -0.4 is 5.56 Å². The number of nitriles is 1. The van der Waals surface area contributed by atoms with E-state index in [1.165, 1.54) is 5.56 Å². The summed E-state index contributed by atoms with van der Waals surface area (Å²) in [5, 5.41) is 9.33. The van der Waals surface area contributed by atoms with Crippen molar-refractivity contribution < 1.29 is 0 Å². The van der Waals surface area contributed by atoms with E-state index in [9.17, 15) is 10.1 Å². The van der Waals surface area contributed by atoms with Crippen molar-refractivity contribution >= 4 is 0 Å². The molecule has 0 radical (unpaired) electrons. The molecule has 0 atom stereocenters. The lowest BCUT2D eigenvalue weighted by molar-refractivity contribution is 1.13. The molecule has 0 amide bonds. The van der Waals surface area contributed by atoms with Gasteiger partial charge in [0.2, 0.25) is 0 Å². The van der Waals surface area contributed by atoms with Crippen molar-refractivity contribution in [2.24, 2.45) is 0 Å². The van der Waals surface area contributed by atoms with E-state index in [4.69, 9.17) is 0 Å². The van der Waals surface area contributed by atoms with Crippen LogP contribution in [0.2, 0.25) is 0 Å². The van der Waals surface area contributed by atoms with Crippen LogP contribution in [0, 0.1) is 18.3 Å². The quantitative estimate of drug-likeness (QED) is 0.776. The molecular formula is C21H18N2O. The Balaban J connectivity index is 2.12. The molecule has 3 rings (SSSR count). The predicted molar refractivity (Wildman–Crippen MR) is 96.8 cm³/mol. The number of nitrogens with one attached hydrogen (secondary N) is 1. The average Bonchev–Trinajstić information content (AvgIpc) is 2.61. The molecule has 1 aromatic heterocycles. The zero-order valence-corrected chi connectivity index (χ0v) is 13.8. The van der Waals surface area contributed by atoms with Gasteiger partial charge in [-0.3, -0.25) is 4.79 Å². The third-order valence-corrected chi connectivity index (χ3v) is 4.15. The summed E-state index contributed by atoms with van der Waals surface area (Å²) in [6, 6.07) is 20.3. The van der Waals surface area contributed by atoms with Crippen LogP contribution in [0.5, 0.6) is 0 Å². The Morgan fingerprint density at radius 3 is 2.38 bits per heavy atom. The van der Waals surface area contributed by atoms with Crippen LogP contribution in [0.25, 0.3) is 22.3 Å². The van der Waals surface area contributed by atoms with Gasteiger partial charge < -0.3 is 4.98 Å². The number of rotatable bonds is 3. The van der Waals surface area contributed by atoms with Gasteiger partial charge in [0.1, 0.15) is 11.6 Å². The van der Waals surface area contributed by atoms with Gasteiger partial charge >= 0.3 is 0 Å². The Morgan fingerprint density at radius 2 is 1.71 bits per heavy atom. The van der Waals surface area contributed by atoms with E-state index in [2.05, 4.69) is 36.2 Å².